The SMILES string of the molecule is CCCNc1nc(-n2ccc(C3CC3)n2)c(Cl)cc1Cl. The Kier molecular flexibility index (Phi) is 3.85. The minimum Gasteiger partial charge on any atom is -0.369 e. The van der Waals surface area contributed by atoms with E-state index in [-0.39, 0.29) is 0 Å². The quantitative estimate of drug-likeness (QED) is 0.896. The van der Waals surface area contributed by atoms with Crippen LogP contribution in [0.4, 0.5) is 5.82 Å². The highest BCUT2D eigenvalue weighted by molar-refractivity contribution is 6.36. The second-order valence-corrected chi connectivity index (χ2v) is 5.82. The lowest BCUT2D eigenvalue weighted by atomic mass is 10.3. The van der Waals surface area contributed by atoms with E-state index >= 15 is 0 Å². The van der Waals surface area contributed by atoms with Crippen molar-refractivity contribution in [2.45, 2.75) is 32.1 Å². The average Bonchev–Trinajstić information content (AvgIpc) is 3.17. The van der Waals surface area contributed by atoms with E-state index in [2.05, 4.69) is 22.3 Å². The van der Waals surface area contributed by atoms with Crippen molar-refractivity contribution in [3.8, 4) is 5.82 Å². The summed E-state index contributed by atoms with van der Waals surface area (Å²) in [5, 5.41) is 8.78. The van der Waals surface area contributed by atoms with Crippen LogP contribution in [0.5, 0.6) is 0 Å². The van der Waals surface area contributed by atoms with Crippen molar-refractivity contribution in [1.82, 2.24) is 14.8 Å². The van der Waals surface area contributed by atoms with E-state index in [1.807, 2.05) is 12.3 Å². The maximum Gasteiger partial charge on any atom is 0.174 e. The highest BCUT2D eigenvalue weighted by atomic mass is 35.5. The van der Waals surface area contributed by atoms with Gasteiger partial charge in [0.25, 0.3) is 0 Å². The number of nitrogens with zero attached hydrogens (tertiary/aromatic N) is 3. The summed E-state index contributed by atoms with van der Waals surface area (Å²) in [6, 6.07) is 3.74. The van der Waals surface area contributed by atoms with Gasteiger partial charge in [0.2, 0.25) is 0 Å². The Morgan fingerprint density at radius 3 is 2.85 bits per heavy atom. The number of rotatable bonds is 5. The van der Waals surface area contributed by atoms with Crippen LogP contribution >= 0.6 is 23.2 Å². The molecule has 2 heterocycles. The molecule has 106 valence electrons. The van der Waals surface area contributed by atoms with E-state index < -0.39 is 0 Å². The third-order valence-corrected chi connectivity index (χ3v) is 3.84. The van der Waals surface area contributed by atoms with Crippen molar-refractivity contribution in [3.05, 3.63) is 34.1 Å². The number of pyridine rings is 1. The van der Waals surface area contributed by atoms with Crippen molar-refractivity contribution in [2.24, 2.45) is 0 Å². The topological polar surface area (TPSA) is 42.7 Å². The smallest absolute Gasteiger partial charge is 0.174 e. The normalized spacial score (nSPS) is 14.6. The van der Waals surface area contributed by atoms with E-state index in [0.717, 1.165) is 18.7 Å². The average molecular weight is 311 g/mol. The molecule has 0 atom stereocenters. The molecule has 0 radical (unpaired) electrons. The lowest BCUT2D eigenvalue weighted by Gasteiger charge is -2.10. The van der Waals surface area contributed by atoms with Crippen LogP contribution in [0.25, 0.3) is 5.82 Å². The summed E-state index contributed by atoms with van der Waals surface area (Å²) in [5.74, 6) is 1.87. The number of nitrogens with one attached hydrogen (secondary N) is 1. The Bertz CT molecular complexity index is 620. The molecule has 1 aliphatic rings. The van der Waals surface area contributed by atoms with E-state index in [4.69, 9.17) is 23.2 Å². The molecule has 0 unspecified atom stereocenters. The minimum absolute atomic E-state index is 0.502. The molecule has 2 aromatic heterocycles. The van der Waals surface area contributed by atoms with Gasteiger partial charge in [0.05, 0.1) is 15.7 Å². The van der Waals surface area contributed by atoms with Crippen molar-refractivity contribution >= 4 is 29.0 Å². The first-order valence-electron chi connectivity index (χ1n) is 6.85. The molecule has 0 saturated heterocycles. The molecule has 6 heteroatoms. The maximum absolute atomic E-state index is 6.24. The third kappa shape index (κ3) is 2.76. The lowest BCUT2D eigenvalue weighted by molar-refractivity contribution is 0.812. The number of hydrogen-bond donors (Lipinski definition) is 1. The first kappa shape index (κ1) is 13.7. The molecule has 0 aliphatic heterocycles. The first-order chi connectivity index (χ1) is 9.69. The Hall–Kier alpha value is -1.26. The molecule has 0 bridgehead atoms. The fourth-order valence-electron chi connectivity index (χ4n) is 2.04. The summed E-state index contributed by atoms with van der Waals surface area (Å²) in [6.07, 6.45) is 5.35. The van der Waals surface area contributed by atoms with Crippen molar-refractivity contribution in [3.63, 3.8) is 0 Å². The van der Waals surface area contributed by atoms with Gasteiger partial charge in [0.15, 0.2) is 5.82 Å². The van der Waals surface area contributed by atoms with Crippen LogP contribution in [-0.2, 0) is 0 Å². The van der Waals surface area contributed by atoms with Crippen LogP contribution in [0.3, 0.4) is 0 Å². The van der Waals surface area contributed by atoms with Gasteiger partial charge in [-0.25, -0.2) is 9.67 Å². The highest BCUT2D eigenvalue weighted by Crippen LogP contribution is 2.39. The second-order valence-electron chi connectivity index (χ2n) is 5.01. The zero-order valence-electron chi connectivity index (χ0n) is 11.2. The molecule has 4 nitrogen and oxygen atoms in total. The molecule has 1 saturated carbocycles. The zero-order valence-corrected chi connectivity index (χ0v) is 12.7. The second kappa shape index (κ2) is 5.62. The van der Waals surface area contributed by atoms with Crippen molar-refractivity contribution in [1.29, 1.82) is 0 Å². The molecular formula is C14H16Cl2N4. The van der Waals surface area contributed by atoms with Crippen molar-refractivity contribution in [2.75, 3.05) is 11.9 Å². The van der Waals surface area contributed by atoms with E-state index in [9.17, 15) is 0 Å². The molecule has 2 aromatic rings. The molecule has 1 N–H and O–H groups in total. The van der Waals surface area contributed by atoms with Gasteiger partial charge in [0, 0.05) is 18.7 Å². The largest absolute Gasteiger partial charge is 0.369 e. The van der Waals surface area contributed by atoms with Gasteiger partial charge in [-0.05, 0) is 31.4 Å². The van der Waals surface area contributed by atoms with E-state index in [1.54, 1.807) is 10.7 Å². The molecule has 3 rings (SSSR count). The third-order valence-electron chi connectivity index (χ3n) is 3.28. The van der Waals surface area contributed by atoms with Crippen LogP contribution in [-0.4, -0.2) is 21.3 Å². The van der Waals surface area contributed by atoms with Gasteiger partial charge in [-0.15, -0.1) is 0 Å². The summed E-state index contributed by atoms with van der Waals surface area (Å²) in [7, 11) is 0. The molecular weight excluding hydrogens is 295 g/mol. The van der Waals surface area contributed by atoms with Gasteiger partial charge in [0.1, 0.15) is 5.82 Å². The maximum atomic E-state index is 6.24. The molecule has 1 fully saturated rings. The molecule has 0 amide bonds. The first-order valence-corrected chi connectivity index (χ1v) is 7.60. The van der Waals surface area contributed by atoms with Crippen LogP contribution < -0.4 is 5.32 Å². The van der Waals surface area contributed by atoms with Gasteiger partial charge in [-0.1, -0.05) is 30.1 Å². The summed E-state index contributed by atoms with van der Waals surface area (Å²) in [4.78, 5) is 4.50. The van der Waals surface area contributed by atoms with Crippen LogP contribution in [0.1, 0.15) is 37.8 Å². The van der Waals surface area contributed by atoms with Gasteiger partial charge in [-0.3, -0.25) is 0 Å². The van der Waals surface area contributed by atoms with Gasteiger partial charge >= 0.3 is 0 Å². The van der Waals surface area contributed by atoms with Crippen LogP contribution in [0.2, 0.25) is 10.0 Å². The molecule has 1 aliphatic carbocycles. The predicted molar refractivity (Wildman–Crippen MR) is 82.1 cm³/mol. The lowest BCUT2D eigenvalue weighted by Crippen LogP contribution is -2.07. The molecule has 0 aromatic carbocycles. The number of anilines is 1. The van der Waals surface area contributed by atoms with Crippen LogP contribution in [0, 0.1) is 0 Å². The number of halogens is 2. The van der Waals surface area contributed by atoms with Crippen LogP contribution in [0.15, 0.2) is 18.3 Å². The summed E-state index contributed by atoms with van der Waals surface area (Å²) >= 11 is 12.4. The van der Waals surface area contributed by atoms with E-state index in [0.29, 0.717) is 27.6 Å². The minimum atomic E-state index is 0.502. The summed E-state index contributed by atoms with van der Waals surface area (Å²) in [5.41, 5.74) is 1.11. The fourth-order valence-corrected chi connectivity index (χ4v) is 2.55. The summed E-state index contributed by atoms with van der Waals surface area (Å²) in [6.45, 7) is 2.91. The van der Waals surface area contributed by atoms with Gasteiger partial charge < -0.3 is 5.32 Å². The number of aromatic nitrogens is 3. The number of hydrogen-bond acceptors (Lipinski definition) is 3. The molecule has 0 spiro atoms. The highest BCUT2D eigenvalue weighted by Gasteiger charge is 2.26. The summed E-state index contributed by atoms with van der Waals surface area (Å²) < 4.78 is 1.73. The zero-order chi connectivity index (χ0) is 14.1. The Balaban J connectivity index is 1.93. The van der Waals surface area contributed by atoms with E-state index in [1.165, 1.54) is 12.8 Å². The molecule has 20 heavy (non-hydrogen) atoms. The monoisotopic (exact) mass is 310 g/mol. The Labute approximate surface area is 128 Å². The standard InChI is InChI=1S/C14H16Cl2N4/c1-2-6-17-13-10(15)8-11(16)14(18-13)20-7-5-12(19-20)9-3-4-9/h5,7-9H,2-4,6H2,1H3,(H,17,18). The fraction of sp³-hybridized carbons (Fsp3) is 0.429. The Morgan fingerprint density at radius 1 is 1.35 bits per heavy atom. The predicted octanol–water partition coefficient (Wildman–Crippen LogP) is 4.27. The van der Waals surface area contributed by atoms with Crippen molar-refractivity contribution < 1.29 is 0 Å². The van der Waals surface area contributed by atoms with Gasteiger partial charge in [-0.2, -0.15) is 5.10 Å². The Morgan fingerprint density at radius 2 is 2.15 bits per heavy atom.